The van der Waals surface area contributed by atoms with Crippen LogP contribution in [0.3, 0.4) is 0 Å². The normalized spacial score (nSPS) is 10.7. The minimum absolute atomic E-state index is 0.0734. The van der Waals surface area contributed by atoms with Crippen LogP contribution in [0.25, 0.3) is 0 Å². The molecule has 0 bridgehead atoms. The van der Waals surface area contributed by atoms with Crippen molar-refractivity contribution in [3.05, 3.63) is 51.9 Å². The summed E-state index contributed by atoms with van der Waals surface area (Å²) in [6.07, 6.45) is 1.92. The number of halogens is 1. The molecule has 0 spiro atoms. The van der Waals surface area contributed by atoms with E-state index < -0.39 is 0 Å². The van der Waals surface area contributed by atoms with Crippen LogP contribution in [0, 0.1) is 3.57 Å². The number of carbonyl (C=O) groups is 1. The Morgan fingerprint density at radius 1 is 1.28 bits per heavy atom. The largest absolute Gasteiger partial charge is 0.341 e. The highest BCUT2D eigenvalue weighted by molar-refractivity contribution is 14.1. The first-order chi connectivity index (χ1) is 8.58. The van der Waals surface area contributed by atoms with Gasteiger partial charge in [0.25, 0.3) is 5.91 Å². The molecule has 1 aromatic carbocycles. The van der Waals surface area contributed by atoms with Crippen molar-refractivity contribution in [2.45, 2.75) is 19.9 Å². The zero-order valence-electron chi connectivity index (χ0n) is 10.4. The first-order valence-electron chi connectivity index (χ1n) is 5.81. The van der Waals surface area contributed by atoms with E-state index >= 15 is 0 Å². The number of rotatable bonds is 3. The van der Waals surface area contributed by atoms with Crippen LogP contribution in [-0.4, -0.2) is 10.5 Å². The van der Waals surface area contributed by atoms with Crippen molar-refractivity contribution in [3.63, 3.8) is 0 Å². The smallest absolute Gasteiger partial charge is 0.272 e. The predicted molar refractivity (Wildman–Crippen MR) is 81.9 cm³/mol. The average molecular weight is 354 g/mol. The van der Waals surface area contributed by atoms with Crippen LogP contribution in [0.15, 0.2) is 42.6 Å². The van der Waals surface area contributed by atoms with Gasteiger partial charge in [0.1, 0.15) is 5.69 Å². The minimum atomic E-state index is -0.0734. The molecule has 0 unspecified atom stereocenters. The van der Waals surface area contributed by atoms with Gasteiger partial charge in [-0.25, -0.2) is 0 Å². The SMILES string of the molecule is CC(C)n1cccc1C(=O)Nc1cccc(I)c1. The van der Waals surface area contributed by atoms with Gasteiger partial charge in [-0.3, -0.25) is 4.79 Å². The number of carbonyl (C=O) groups excluding carboxylic acids is 1. The summed E-state index contributed by atoms with van der Waals surface area (Å²) < 4.78 is 3.06. The molecule has 1 amide bonds. The number of hydrogen-bond acceptors (Lipinski definition) is 1. The van der Waals surface area contributed by atoms with Crippen LogP contribution in [0.1, 0.15) is 30.4 Å². The van der Waals surface area contributed by atoms with Crippen LogP contribution in [0.5, 0.6) is 0 Å². The van der Waals surface area contributed by atoms with Crippen molar-refractivity contribution in [1.29, 1.82) is 0 Å². The number of nitrogens with zero attached hydrogens (tertiary/aromatic N) is 1. The van der Waals surface area contributed by atoms with E-state index in [1.165, 1.54) is 0 Å². The Morgan fingerprint density at radius 2 is 2.06 bits per heavy atom. The van der Waals surface area contributed by atoms with E-state index in [4.69, 9.17) is 0 Å². The highest BCUT2D eigenvalue weighted by Crippen LogP contribution is 2.16. The molecule has 18 heavy (non-hydrogen) atoms. The fraction of sp³-hybridized carbons (Fsp3) is 0.214. The number of hydrogen-bond donors (Lipinski definition) is 1. The van der Waals surface area contributed by atoms with Crippen molar-refractivity contribution in [2.24, 2.45) is 0 Å². The third-order valence-electron chi connectivity index (χ3n) is 2.65. The molecule has 0 aliphatic carbocycles. The summed E-state index contributed by atoms with van der Waals surface area (Å²) in [5.41, 5.74) is 1.51. The summed E-state index contributed by atoms with van der Waals surface area (Å²) in [5.74, 6) is -0.0734. The Balaban J connectivity index is 2.20. The highest BCUT2D eigenvalue weighted by Gasteiger charge is 2.12. The molecule has 0 radical (unpaired) electrons. The van der Waals surface area contributed by atoms with Crippen LogP contribution >= 0.6 is 22.6 Å². The molecule has 4 heteroatoms. The standard InChI is InChI=1S/C14H15IN2O/c1-10(2)17-8-4-7-13(17)14(18)16-12-6-3-5-11(15)9-12/h3-10H,1-2H3,(H,16,18). The maximum absolute atomic E-state index is 12.2. The molecule has 3 nitrogen and oxygen atoms in total. The van der Waals surface area contributed by atoms with Gasteiger partial charge in [0.05, 0.1) is 0 Å². The van der Waals surface area contributed by atoms with E-state index in [2.05, 4.69) is 41.8 Å². The van der Waals surface area contributed by atoms with Gasteiger partial charge >= 0.3 is 0 Å². The van der Waals surface area contributed by atoms with Crippen LogP contribution in [0.2, 0.25) is 0 Å². The predicted octanol–water partition coefficient (Wildman–Crippen LogP) is 3.93. The summed E-state index contributed by atoms with van der Waals surface area (Å²) >= 11 is 2.23. The lowest BCUT2D eigenvalue weighted by molar-refractivity contribution is 0.101. The summed E-state index contributed by atoms with van der Waals surface area (Å²) in [7, 11) is 0. The fourth-order valence-corrected chi connectivity index (χ4v) is 2.34. The van der Waals surface area contributed by atoms with Crippen molar-refractivity contribution >= 4 is 34.2 Å². The second-order valence-corrected chi connectivity index (χ2v) is 5.60. The third-order valence-corrected chi connectivity index (χ3v) is 3.32. The lowest BCUT2D eigenvalue weighted by Gasteiger charge is -2.12. The topological polar surface area (TPSA) is 34.0 Å². The van der Waals surface area contributed by atoms with Crippen LogP contribution < -0.4 is 5.32 Å². The molecule has 2 rings (SSSR count). The monoisotopic (exact) mass is 354 g/mol. The van der Waals surface area contributed by atoms with Crippen LogP contribution in [0.4, 0.5) is 5.69 Å². The summed E-state index contributed by atoms with van der Waals surface area (Å²) in [4.78, 5) is 12.2. The first kappa shape index (κ1) is 13.1. The maximum atomic E-state index is 12.2. The molecule has 1 aromatic heterocycles. The van der Waals surface area contributed by atoms with Crippen LogP contribution in [-0.2, 0) is 0 Å². The third kappa shape index (κ3) is 2.93. The number of anilines is 1. The Kier molecular flexibility index (Phi) is 4.06. The van der Waals surface area contributed by atoms with Gasteiger partial charge in [-0.2, -0.15) is 0 Å². The lowest BCUT2D eigenvalue weighted by Crippen LogP contribution is -2.17. The number of aromatic nitrogens is 1. The summed E-state index contributed by atoms with van der Waals surface area (Å²) in [6, 6.07) is 11.8. The Morgan fingerprint density at radius 3 is 2.72 bits per heavy atom. The van der Waals surface area contributed by atoms with Gasteiger partial charge in [-0.15, -0.1) is 0 Å². The molecule has 0 aliphatic rings. The van der Waals surface area contributed by atoms with Crippen molar-refractivity contribution < 1.29 is 4.79 Å². The van der Waals surface area contributed by atoms with E-state index in [1.807, 2.05) is 47.2 Å². The summed E-state index contributed by atoms with van der Waals surface area (Å²) in [6.45, 7) is 4.12. The molecule has 0 saturated heterocycles. The molecular formula is C14H15IN2O. The molecule has 0 atom stereocenters. The molecule has 1 heterocycles. The highest BCUT2D eigenvalue weighted by atomic mass is 127. The molecule has 0 fully saturated rings. The molecule has 0 aliphatic heterocycles. The quantitative estimate of drug-likeness (QED) is 0.833. The Bertz CT molecular complexity index is 560. The fourth-order valence-electron chi connectivity index (χ4n) is 1.80. The van der Waals surface area contributed by atoms with Gasteiger partial charge in [0.15, 0.2) is 0 Å². The van der Waals surface area contributed by atoms with Gasteiger partial charge in [-0.1, -0.05) is 6.07 Å². The average Bonchev–Trinajstić information content (AvgIpc) is 2.77. The minimum Gasteiger partial charge on any atom is -0.341 e. The second kappa shape index (κ2) is 5.56. The van der Waals surface area contributed by atoms with E-state index in [-0.39, 0.29) is 11.9 Å². The lowest BCUT2D eigenvalue weighted by atomic mass is 10.3. The zero-order valence-corrected chi connectivity index (χ0v) is 12.5. The molecule has 2 aromatic rings. The number of nitrogens with one attached hydrogen (secondary N) is 1. The second-order valence-electron chi connectivity index (χ2n) is 4.36. The number of amides is 1. The summed E-state index contributed by atoms with van der Waals surface area (Å²) in [5, 5.41) is 2.92. The van der Waals surface area contributed by atoms with Crippen molar-refractivity contribution in [2.75, 3.05) is 5.32 Å². The maximum Gasteiger partial charge on any atom is 0.272 e. The van der Waals surface area contributed by atoms with Crippen molar-refractivity contribution in [3.8, 4) is 0 Å². The van der Waals surface area contributed by atoms with E-state index in [1.54, 1.807) is 0 Å². The zero-order chi connectivity index (χ0) is 13.1. The molecular weight excluding hydrogens is 339 g/mol. The molecule has 1 N–H and O–H groups in total. The van der Waals surface area contributed by atoms with Gasteiger partial charge in [-0.05, 0) is 66.8 Å². The molecule has 94 valence electrons. The number of benzene rings is 1. The van der Waals surface area contributed by atoms with Gasteiger partial charge in [0.2, 0.25) is 0 Å². The first-order valence-corrected chi connectivity index (χ1v) is 6.89. The van der Waals surface area contributed by atoms with E-state index in [9.17, 15) is 4.79 Å². The Labute approximate surface area is 120 Å². The van der Waals surface area contributed by atoms with E-state index in [0.717, 1.165) is 9.26 Å². The van der Waals surface area contributed by atoms with E-state index in [0.29, 0.717) is 5.69 Å². The van der Waals surface area contributed by atoms with Gasteiger partial charge in [0, 0.05) is 21.5 Å². The van der Waals surface area contributed by atoms with Gasteiger partial charge < -0.3 is 9.88 Å². The Hall–Kier alpha value is -1.30. The van der Waals surface area contributed by atoms with Crippen molar-refractivity contribution in [1.82, 2.24) is 4.57 Å². The molecule has 0 saturated carbocycles.